The molecule has 3 heterocycles. The molecule has 24 heavy (non-hydrogen) atoms. The largest absolute Gasteiger partial charge is 0.386 e. The molecule has 0 radical (unpaired) electrons. The summed E-state index contributed by atoms with van der Waals surface area (Å²) in [5.74, 6) is 0.516. The molecule has 9 heteroatoms. The van der Waals surface area contributed by atoms with Crippen molar-refractivity contribution in [2.75, 3.05) is 18.6 Å². The smallest absolute Gasteiger partial charge is 0.150 e. The maximum atomic E-state index is 11.3. The first-order chi connectivity index (χ1) is 11.2. The molecule has 8 nitrogen and oxygen atoms in total. The predicted molar refractivity (Wildman–Crippen MR) is 87.0 cm³/mol. The number of aliphatic hydroxyl groups is 1. The van der Waals surface area contributed by atoms with Gasteiger partial charge in [-0.1, -0.05) is 5.16 Å². The van der Waals surface area contributed by atoms with E-state index >= 15 is 0 Å². The molecule has 2 aromatic rings. The van der Waals surface area contributed by atoms with Crippen LogP contribution in [0, 0.1) is 13.8 Å². The Bertz CT molecular complexity index is 820. The number of aromatic nitrogens is 3. The van der Waals surface area contributed by atoms with Crippen molar-refractivity contribution in [1.82, 2.24) is 19.8 Å². The highest BCUT2D eigenvalue weighted by Crippen LogP contribution is 2.22. The number of hydrogen-bond acceptors (Lipinski definition) is 7. The van der Waals surface area contributed by atoms with Gasteiger partial charge in [-0.2, -0.15) is 5.10 Å². The summed E-state index contributed by atoms with van der Waals surface area (Å²) in [7, 11) is -3.25. The fraction of sp³-hybridized carbons (Fsp3) is 0.600. The Morgan fingerprint density at radius 1 is 1.38 bits per heavy atom. The van der Waals surface area contributed by atoms with Crippen molar-refractivity contribution in [1.29, 1.82) is 0 Å². The number of aliphatic hydroxyl groups excluding tert-OH is 1. The number of fused-ring (bicyclic) bond motifs is 1. The Labute approximate surface area is 141 Å². The van der Waals surface area contributed by atoms with Crippen LogP contribution in [0.3, 0.4) is 0 Å². The monoisotopic (exact) mass is 354 g/mol. The first-order valence-electron chi connectivity index (χ1n) is 7.79. The van der Waals surface area contributed by atoms with Gasteiger partial charge in [0, 0.05) is 31.5 Å². The summed E-state index contributed by atoms with van der Waals surface area (Å²) < 4.78 is 29.7. The van der Waals surface area contributed by atoms with E-state index in [4.69, 9.17) is 4.52 Å². The average molecular weight is 354 g/mol. The highest BCUT2D eigenvalue weighted by Gasteiger charge is 2.24. The molecule has 0 bridgehead atoms. The zero-order chi connectivity index (χ0) is 17.5. The van der Waals surface area contributed by atoms with Gasteiger partial charge in [0.05, 0.1) is 29.4 Å². The van der Waals surface area contributed by atoms with Crippen molar-refractivity contribution in [2.24, 2.45) is 0 Å². The van der Waals surface area contributed by atoms with Gasteiger partial charge in [0.2, 0.25) is 0 Å². The zero-order valence-corrected chi connectivity index (χ0v) is 14.9. The lowest BCUT2D eigenvalue weighted by atomic mass is 10.1. The van der Waals surface area contributed by atoms with Gasteiger partial charge in [-0.3, -0.25) is 9.58 Å². The van der Waals surface area contributed by atoms with Gasteiger partial charge >= 0.3 is 0 Å². The molecule has 0 aromatic carbocycles. The Kier molecular flexibility index (Phi) is 4.50. The highest BCUT2D eigenvalue weighted by atomic mass is 32.2. The van der Waals surface area contributed by atoms with Gasteiger partial charge < -0.3 is 9.63 Å². The molecule has 1 N–H and O–H groups in total. The molecule has 2 aromatic heterocycles. The van der Waals surface area contributed by atoms with Gasteiger partial charge in [0.1, 0.15) is 21.7 Å². The van der Waals surface area contributed by atoms with Crippen LogP contribution < -0.4 is 0 Å². The third kappa shape index (κ3) is 3.68. The molecule has 0 saturated heterocycles. The average Bonchev–Trinajstić information content (AvgIpc) is 3.03. The molecule has 0 aliphatic carbocycles. The van der Waals surface area contributed by atoms with Crippen LogP contribution >= 0.6 is 0 Å². The standard InChI is InChI=1S/C15H22N4O4S/c1-10-13(11(2)23-17-10)8-18-4-5-19-12(7-18)6-14(16-19)15(20)9-24(3,21)22/h6,15,20H,4-5,7-9H2,1-3H3. The minimum absolute atomic E-state index is 0.313. The molecule has 0 spiro atoms. The van der Waals surface area contributed by atoms with E-state index in [1.165, 1.54) is 0 Å². The van der Waals surface area contributed by atoms with Crippen LogP contribution in [0.15, 0.2) is 10.6 Å². The third-order valence-corrected chi connectivity index (χ3v) is 5.18. The van der Waals surface area contributed by atoms with Gasteiger partial charge in [0.25, 0.3) is 0 Å². The minimum atomic E-state index is -3.25. The molecule has 3 rings (SSSR count). The first-order valence-corrected chi connectivity index (χ1v) is 9.85. The van der Waals surface area contributed by atoms with Crippen LogP contribution in [0.4, 0.5) is 0 Å². The second kappa shape index (κ2) is 6.30. The predicted octanol–water partition coefficient (Wildman–Crippen LogP) is 0.582. The maximum absolute atomic E-state index is 11.3. The van der Waals surface area contributed by atoms with Crippen LogP contribution in [0.1, 0.15) is 34.5 Å². The van der Waals surface area contributed by atoms with E-state index in [0.717, 1.165) is 42.1 Å². The minimum Gasteiger partial charge on any atom is -0.386 e. The maximum Gasteiger partial charge on any atom is 0.150 e. The summed E-state index contributed by atoms with van der Waals surface area (Å²) in [5, 5.41) is 18.4. The van der Waals surface area contributed by atoms with Gasteiger partial charge in [-0.05, 0) is 19.9 Å². The van der Waals surface area contributed by atoms with E-state index in [-0.39, 0.29) is 5.75 Å². The Hall–Kier alpha value is -1.71. The van der Waals surface area contributed by atoms with Crippen molar-refractivity contribution in [2.45, 2.75) is 39.6 Å². The van der Waals surface area contributed by atoms with Crippen LogP contribution in [0.5, 0.6) is 0 Å². The molecule has 1 unspecified atom stereocenters. The summed E-state index contributed by atoms with van der Waals surface area (Å²) in [6.07, 6.45) is 0.0199. The Morgan fingerprint density at radius 3 is 2.75 bits per heavy atom. The molecular weight excluding hydrogens is 332 g/mol. The SMILES string of the molecule is Cc1noc(C)c1CN1CCn2nc(C(O)CS(C)(=O)=O)cc2C1. The summed E-state index contributed by atoms with van der Waals surface area (Å²) in [6.45, 7) is 6.78. The highest BCUT2D eigenvalue weighted by molar-refractivity contribution is 7.90. The van der Waals surface area contributed by atoms with Crippen LogP contribution in [0.25, 0.3) is 0 Å². The molecule has 1 aliphatic heterocycles. The van der Waals surface area contributed by atoms with E-state index < -0.39 is 15.9 Å². The van der Waals surface area contributed by atoms with E-state index in [2.05, 4.69) is 15.2 Å². The van der Waals surface area contributed by atoms with Crippen molar-refractivity contribution in [3.05, 3.63) is 34.5 Å². The van der Waals surface area contributed by atoms with Gasteiger partial charge in [-0.25, -0.2) is 8.42 Å². The Balaban J connectivity index is 1.72. The molecule has 0 fully saturated rings. The van der Waals surface area contributed by atoms with Crippen molar-refractivity contribution in [3.63, 3.8) is 0 Å². The van der Waals surface area contributed by atoms with E-state index in [9.17, 15) is 13.5 Å². The molecule has 132 valence electrons. The zero-order valence-electron chi connectivity index (χ0n) is 14.1. The lowest BCUT2D eigenvalue weighted by Crippen LogP contribution is -2.33. The number of rotatable bonds is 5. The summed E-state index contributed by atoms with van der Waals surface area (Å²) in [6, 6.07) is 1.79. The fourth-order valence-corrected chi connectivity index (χ4v) is 3.71. The van der Waals surface area contributed by atoms with E-state index in [1.807, 2.05) is 18.5 Å². The lowest BCUT2D eigenvalue weighted by Gasteiger charge is -2.27. The van der Waals surface area contributed by atoms with Crippen LogP contribution in [-0.2, 0) is 29.5 Å². The summed E-state index contributed by atoms with van der Waals surface area (Å²) >= 11 is 0. The molecular formula is C15H22N4O4S. The first kappa shape index (κ1) is 17.1. The number of sulfone groups is 1. The van der Waals surface area contributed by atoms with Gasteiger partial charge in [0.15, 0.2) is 0 Å². The number of nitrogens with zero attached hydrogens (tertiary/aromatic N) is 4. The quantitative estimate of drug-likeness (QED) is 0.838. The second-order valence-corrected chi connectivity index (χ2v) is 8.59. The fourth-order valence-electron chi connectivity index (χ4n) is 2.96. The van der Waals surface area contributed by atoms with Crippen molar-refractivity contribution in [3.8, 4) is 0 Å². The normalized spacial score (nSPS) is 17.0. The van der Waals surface area contributed by atoms with Crippen molar-refractivity contribution < 1.29 is 18.0 Å². The van der Waals surface area contributed by atoms with Crippen LogP contribution in [0.2, 0.25) is 0 Å². The Morgan fingerprint density at radius 2 is 2.12 bits per heavy atom. The van der Waals surface area contributed by atoms with Gasteiger partial charge in [-0.15, -0.1) is 0 Å². The number of hydrogen-bond donors (Lipinski definition) is 1. The second-order valence-electron chi connectivity index (χ2n) is 6.41. The summed E-state index contributed by atoms with van der Waals surface area (Å²) in [4.78, 5) is 2.26. The topological polar surface area (TPSA) is 101 Å². The van der Waals surface area contributed by atoms with Crippen LogP contribution in [-0.4, -0.2) is 51.9 Å². The van der Waals surface area contributed by atoms with E-state index in [0.29, 0.717) is 18.8 Å². The molecule has 0 saturated carbocycles. The molecule has 1 aliphatic rings. The van der Waals surface area contributed by atoms with Crippen molar-refractivity contribution >= 4 is 9.84 Å². The summed E-state index contributed by atoms with van der Waals surface area (Å²) in [5.41, 5.74) is 3.38. The number of aryl methyl sites for hydroxylation is 2. The third-order valence-electron chi connectivity index (χ3n) is 4.26. The molecule has 0 amide bonds. The molecule has 1 atom stereocenters. The van der Waals surface area contributed by atoms with E-state index in [1.54, 1.807) is 6.07 Å². The lowest BCUT2D eigenvalue weighted by molar-refractivity contribution is 0.191.